The molecule has 8 nitrogen and oxygen atoms in total. The molecule has 0 saturated carbocycles. The summed E-state index contributed by atoms with van der Waals surface area (Å²) >= 11 is 2.92. The van der Waals surface area contributed by atoms with Gasteiger partial charge in [-0.25, -0.2) is 0 Å². The molecule has 1 atom stereocenters. The van der Waals surface area contributed by atoms with Crippen molar-refractivity contribution in [1.82, 2.24) is 0 Å². The number of nitro benzene ring substituents is 1. The first-order chi connectivity index (χ1) is 17.1. The van der Waals surface area contributed by atoms with Gasteiger partial charge in [0.2, 0.25) is 0 Å². The number of aliphatic imine (C=N–C) groups is 2. The quantitative estimate of drug-likeness (QED) is 0.114. The molecule has 0 bridgehead atoms. The van der Waals surface area contributed by atoms with Gasteiger partial charge in [-0.15, -0.1) is 0 Å². The molecule has 3 aromatic carbocycles. The van der Waals surface area contributed by atoms with Crippen molar-refractivity contribution in [3.63, 3.8) is 0 Å². The summed E-state index contributed by atoms with van der Waals surface area (Å²) in [6.45, 7) is 0.0944. The highest BCUT2D eigenvalue weighted by Gasteiger charge is 2.33. The Labute approximate surface area is 211 Å². The van der Waals surface area contributed by atoms with Crippen LogP contribution in [0.15, 0.2) is 92.6 Å². The van der Waals surface area contributed by atoms with E-state index < -0.39 is 11.0 Å². The van der Waals surface area contributed by atoms with E-state index in [1.165, 1.54) is 29.6 Å². The minimum absolute atomic E-state index is 0.0165. The van der Waals surface area contributed by atoms with Crippen LogP contribution in [0.2, 0.25) is 0 Å². The van der Waals surface area contributed by atoms with Crippen LogP contribution < -0.4 is 9.47 Å². The Kier molecular flexibility index (Phi) is 8.40. The fraction of sp³-hybridized carbons (Fsp3) is 0.200. The van der Waals surface area contributed by atoms with Gasteiger partial charge in [-0.3, -0.25) is 20.1 Å². The topological polar surface area (TPSA) is 95.5 Å². The average molecular weight is 510 g/mol. The third-order valence-electron chi connectivity index (χ3n) is 5.13. The first-order valence-electron chi connectivity index (χ1n) is 10.6. The van der Waals surface area contributed by atoms with E-state index in [0.29, 0.717) is 27.9 Å². The Bertz CT molecular complexity index is 1270. The molecule has 10 heteroatoms. The van der Waals surface area contributed by atoms with Crippen molar-refractivity contribution in [1.29, 1.82) is 0 Å². The maximum absolute atomic E-state index is 11.7. The maximum Gasteiger partial charge on any atom is 0.275 e. The van der Waals surface area contributed by atoms with E-state index in [2.05, 4.69) is 4.99 Å². The number of ether oxygens (including phenoxy) is 3. The van der Waals surface area contributed by atoms with Crippen LogP contribution in [-0.2, 0) is 4.74 Å². The number of methoxy groups -OCH3 is 2. The molecule has 0 N–H and O–H groups in total. The molecule has 0 aliphatic carbocycles. The number of para-hydroxylation sites is 3. The van der Waals surface area contributed by atoms with Crippen molar-refractivity contribution in [2.75, 3.05) is 26.8 Å². The Morgan fingerprint density at radius 3 is 2.37 bits per heavy atom. The number of nitrogens with zero attached hydrogens (tertiary/aromatic N) is 3. The summed E-state index contributed by atoms with van der Waals surface area (Å²) in [6.07, 6.45) is -0.700. The summed E-state index contributed by atoms with van der Waals surface area (Å²) in [5.74, 6) is 1.86. The molecule has 35 heavy (non-hydrogen) atoms. The SMILES string of the molecule is COc1ccccc1SC/N=C(\Sc1ccccc1OC)C1=NCO[C@H]1c1ccccc1[N+](=O)[O-]. The molecular weight excluding hydrogens is 486 g/mol. The zero-order chi connectivity index (χ0) is 24.6. The van der Waals surface area contributed by atoms with Crippen LogP contribution in [0.4, 0.5) is 5.69 Å². The number of nitro groups is 1. The Balaban J connectivity index is 1.68. The van der Waals surface area contributed by atoms with Gasteiger partial charge >= 0.3 is 0 Å². The Hall–Kier alpha value is -3.34. The fourth-order valence-electron chi connectivity index (χ4n) is 3.51. The number of rotatable bonds is 9. The van der Waals surface area contributed by atoms with Crippen molar-refractivity contribution in [3.05, 3.63) is 88.5 Å². The molecule has 0 radical (unpaired) electrons. The lowest BCUT2D eigenvalue weighted by Gasteiger charge is -2.16. The molecule has 4 rings (SSSR count). The summed E-state index contributed by atoms with van der Waals surface area (Å²) in [7, 11) is 3.24. The van der Waals surface area contributed by atoms with Gasteiger partial charge in [0.1, 0.15) is 35.1 Å². The van der Waals surface area contributed by atoms with E-state index in [1.54, 1.807) is 32.4 Å². The average Bonchev–Trinajstić information content (AvgIpc) is 3.38. The molecule has 0 saturated heterocycles. The number of thioether (sulfide) groups is 2. The fourth-order valence-corrected chi connectivity index (χ4v) is 5.40. The van der Waals surface area contributed by atoms with Crippen LogP contribution in [0.25, 0.3) is 0 Å². The highest BCUT2D eigenvalue weighted by Crippen LogP contribution is 2.37. The van der Waals surface area contributed by atoms with Crippen molar-refractivity contribution in [2.24, 2.45) is 9.98 Å². The second-order valence-corrected chi connectivity index (χ2v) is 9.19. The first-order valence-corrected chi connectivity index (χ1v) is 12.4. The van der Waals surface area contributed by atoms with Gasteiger partial charge in [0, 0.05) is 6.07 Å². The normalized spacial score (nSPS) is 15.5. The molecule has 1 aliphatic rings. The maximum atomic E-state index is 11.7. The molecule has 0 fully saturated rings. The molecule has 0 aromatic heterocycles. The van der Waals surface area contributed by atoms with Crippen molar-refractivity contribution in [2.45, 2.75) is 15.9 Å². The molecule has 1 aliphatic heterocycles. The highest BCUT2D eigenvalue weighted by atomic mass is 32.2. The van der Waals surface area contributed by atoms with Gasteiger partial charge < -0.3 is 14.2 Å². The van der Waals surface area contributed by atoms with E-state index in [4.69, 9.17) is 19.2 Å². The van der Waals surface area contributed by atoms with E-state index >= 15 is 0 Å². The van der Waals surface area contributed by atoms with Crippen molar-refractivity contribution < 1.29 is 19.1 Å². The second kappa shape index (κ2) is 11.9. The smallest absolute Gasteiger partial charge is 0.275 e. The molecule has 0 spiro atoms. The van der Waals surface area contributed by atoms with Crippen molar-refractivity contribution >= 4 is 40.0 Å². The third kappa shape index (κ3) is 5.84. The molecular formula is C25H23N3O5S2. The molecule has 180 valence electrons. The van der Waals surface area contributed by atoms with Crippen LogP contribution in [0.1, 0.15) is 11.7 Å². The van der Waals surface area contributed by atoms with Crippen LogP contribution in [0.5, 0.6) is 11.5 Å². The monoisotopic (exact) mass is 509 g/mol. The molecule has 3 aromatic rings. The van der Waals surface area contributed by atoms with Gasteiger partial charge in [-0.1, -0.05) is 59.9 Å². The predicted octanol–water partition coefficient (Wildman–Crippen LogP) is 6.02. The van der Waals surface area contributed by atoms with E-state index in [9.17, 15) is 10.1 Å². The van der Waals surface area contributed by atoms with E-state index in [-0.39, 0.29) is 12.4 Å². The first kappa shape index (κ1) is 24.8. The van der Waals surface area contributed by atoms with Crippen LogP contribution in [-0.4, -0.2) is 42.5 Å². The van der Waals surface area contributed by atoms with Crippen LogP contribution >= 0.6 is 23.5 Å². The molecule has 1 heterocycles. The summed E-state index contributed by atoms with van der Waals surface area (Å²) in [5.41, 5.74) is 0.979. The van der Waals surface area contributed by atoms with Gasteiger partial charge in [0.05, 0.1) is 40.4 Å². The summed E-state index contributed by atoms with van der Waals surface area (Å²) in [5, 5.41) is 12.3. The molecule has 0 unspecified atom stereocenters. The van der Waals surface area contributed by atoms with Gasteiger partial charge in [-0.2, -0.15) is 0 Å². The lowest BCUT2D eigenvalue weighted by Crippen LogP contribution is -2.19. The van der Waals surface area contributed by atoms with Crippen molar-refractivity contribution in [3.8, 4) is 11.5 Å². The Morgan fingerprint density at radius 1 is 1.03 bits per heavy atom. The largest absolute Gasteiger partial charge is 0.496 e. The van der Waals surface area contributed by atoms with Gasteiger partial charge in [-0.05, 0) is 30.3 Å². The molecule has 0 amide bonds. The van der Waals surface area contributed by atoms with E-state index in [1.807, 2.05) is 48.5 Å². The summed E-state index contributed by atoms with van der Waals surface area (Å²) in [6, 6.07) is 21.9. The Morgan fingerprint density at radius 2 is 1.66 bits per heavy atom. The van der Waals surface area contributed by atoms with Gasteiger partial charge in [0.25, 0.3) is 5.69 Å². The second-order valence-electron chi connectivity index (χ2n) is 7.18. The minimum atomic E-state index is -0.700. The van der Waals surface area contributed by atoms with E-state index in [0.717, 1.165) is 15.5 Å². The third-order valence-corrected chi connectivity index (χ3v) is 7.13. The number of hydrogen-bond acceptors (Lipinski definition) is 9. The lowest BCUT2D eigenvalue weighted by molar-refractivity contribution is -0.386. The van der Waals surface area contributed by atoms with Gasteiger partial charge in [0.15, 0.2) is 0 Å². The number of benzene rings is 3. The standard InChI is InChI=1S/C25H23N3O5S2/c1-31-19-11-5-7-13-21(19)34-16-27-25(35-22-14-8-6-12-20(22)32-2)23-24(33-15-26-23)17-9-3-4-10-18(17)28(29)30/h3-14,24H,15-16H2,1-2H3/b27-25-/t24-/m0/s1. The minimum Gasteiger partial charge on any atom is -0.496 e. The summed E-state index contributed by atoms with van der Waals surface area (Å²) < 4.78 is 16.8. The highest BCUT2D eigenvalue weighted by molar-refractivity contribution is 8.16. The number of hydrogen-bond donors (Lipinski definition) is 0. The zero-order valence-corrected chi connectivity index (χ0v) is 20.8. The van der Waals surface area contributed by atoms with Crippen LogP contribution in [0.3, 0.4) is 0 Å². The van der Waals surface area contributed by atoms with Crippen LogP contribution in [0, 0.1) is 10.1 Å². The summed E-state index contributed by atoms with van der Waals surface area (Å²) in [4.78, 5) is 22.5. The zero-order valence-electron chi connectivity index (χ0n) is 19.1. The lowest BCUT2D eigenvalue weighted by atomic mass is 10.0. The predicted molar refractivity (Wildman–Crippen MR) is 139 cm³/mol.